The van der Waals surface area contributed by atoms with Crippen molar-refractivity contribution in [2.45, 2.75) is 19.5 Å². The second kappa shape index (κ2) is 10.4. The molecule has 2 N–H and O–H groups in total. The van der Waals surface area contributed by atoms with Crippen molar-refractivity contribution in [3.05, 3.63) is 29.8 Å². The molecule has 1 aromatic rings. The molecule has 1 heterocycles. The predicted molar refractivity (Wildman–Crippen MR) is 98.1 cm³/mol. The Balaban J connectivity index is 1.88. The summed E-state index contributed by atoms with van der Waals surface area (Å²) in [6.45, 7) is -2.76. The lowest BCUT2D eigenvalue weighted by Crippen LogP contribution is -2.45. The Labute approximate surface area is 166 Å². The van der Waals surface area contributed by atoms with E-state index in [1.54, 1.807) is 0 Å². The van der Waals surface area contributed by atoms with Crippen LogP contribution in [0.5, 0.6) is 11.5 Å². The van der Waals surface area contributed by atoms with Gasteiger partial charge < -0.3 is 24.8 Å². The Morgan fingerprint density at radius 3 is 2.72 bits per heavy atom. The van der Waals surface area contributed by atoms with Crippen molar-refractivity contribution < 1.29 is 37.4 Å². The van der Waals surface area contributed by atoms with Gasteiger partial charge in [0.25, 0.3) is 5.91 Å². The molecule has 1 aromatic carbocycles. The smallest absolute Gasteiger partial charge is 0.387 e. The van der Waals surface area contributed by atoms with Crippen LogP contribution in [0.2, 0.25) is 0 Å². The molecule has 0 saturated carbocycles. The molecule has 1 aliphatic heterocycles. The van der Waals surface area contributed by atoms with Crippen LogP contribution in [0.15, 0.2) is 24.3 Å². The third-order valence-corrected chi connectivity index (χ3v) is 4.33. The summed E-state index contributed by atoms with van der Waals surface area (Å²) in [7, 11) is 1.30. The Morgan fingerprint density at radius 2 is 2.07 bits per heavy atom. The number of methoxy groups -OCH3 is 1. The lowest BCUT2D eigenvalue weighted by atomic mass is 9.97. The lowest BCUT2D eigenvalue weighted by Gasteiger charge is -2.30. The molecule has 0 spiro atoms. The van der Waals surface area contributed by atoms with Crippen molar-refractivity contribution in [3.8, 4) is 11.5 Å². The Bertz CT molecular complexity index is 784. The molecular formula is C19H22F2N2O6. The van der Waals surface area contributed by atoms with Gasteiger partial charge in [-0.25, -0.2) is 4.79 Å². The highest BCUT2D eigenvalue weighted by atomic mass is 19.3. The number of amides is 2. The van der Waals surface area contributed by atoms with Gasteiger partial charge in [-0.1, -0.05) is 6.07 Å². The average molecular weight is 412 g/mol. The standard InChI is InChI=1S/C19H22F2N2O6/c1-27-15-9-12(4-6-14(15)29-19(20)21)5-7-17(25)28-11-16(24)23-8-2-3-13(10-23)18(22)26/h4-7,9,13,19H,2-3,8,10-11H2,1H3,(H2,22,26)/b7-5+/t13-/m0/s1. The van der Waals surface area contributed by atoms with Crippen LogP contribution in [0, 0.1) is 5.92 Å². The fourth-order valence-electron chi connectivity index (χ4n) is 2.85. The molecule has 2 amide bonds. The minimum atomic E-state index is -2.99. The number of piperidine rings is 1. The van der Waals surface area contributed by atoms with Gasteiger partial charge in [0, 0.05) is 19.2 Å². The third-order valence-electron chi connectivity index (χ3n) is 4.33. The Morgan fingerprint density at radius 1 is 1.31 bits per heavy atom. The zero-order valence-electron chi connectivity index (χ0n) is 15.8. The number of likely N-dealkylation sites (tertiary alicyclic amines) is 1. The Hall–Kier alpha value is -3.17. The number of carbonyl (C=O) groups is 3. The van der Waals surface area contributed by atoms with Crippen LogP contribution < -0.4 is 15.2 Å². The van der Waals surface area contributed by atoms with Crippen LogP contribution in [0.3, 0.4) is 0 Å². The number of nitrogens with two attached hydrogens (primary N) is 1. The number of alkyl halides is 2. The molecule has 1 fully saturated rings. The fourth-order valence-corrected chi connectivity index (χ4v) is 2.85. The van der Waals surface area contributed by atoms with E-state index in [2.05, 4.69) is 4.74 Å². The van der Waals surface area contributed by atoms with Crippen molar-refractivity contribution in [3.63, 3.8) is 0 Å². The number of carbonyl (C=O) groups excluding carboxylic acids is 3. The number of benzene rings is 1. The van der Waals surface area contributed by atoms with Crippen LogP contribution >= 0.6 is 0 Å². The van der Waals surface area contributed by atoms with Gasteiger partial charge in [-0.15, -0.1) is 0 Å². The molecule has 0 aromatic heterocycles. The molecule has 1 saturated heterocycles. The van der Waals surface area contributed by atoms with Crippen molar-refractivity contribution in [2.24, 2.45) is 11.7 Å². The number of esters is 1. The largest absolute Gasteiger partial charge is 0.493 e. The number of rotatable bonds is 8. The predicted octanol–water partition coefficient (Wildman–Crippen LogP) is 1.58. The molecule has 1 aliphatic rings. The topological polar surface area (TPSA) is 108 Å². The normalized spacial score (nSPS) is 16.7. The first kappa shape index (κ1) is 22.1. The zero-order chi connectivity index (χ0) is 21.4. The summed E-state index contributed by atoms with van der Waals surface area (Å²) in [6.07, 6.45) is 3.76. The lowest BCUT2D eigenvalue weighted by molar-refractivity contribution is -0.149. The number of hydrogen-bond acceptors (Lipinski definition) is 6. The maximum absolute atomic E-state index is 12.3. The van der Waals surface area contributed by atoms with Crippen LogP contribution in [0.25, 0.3) is 6.08 Å². The number of nitrogens with zero attached hydrogens (tertiary/aromatic N) is 1. The summed E-state index contributed by atoms with van der Waals surface area (Å²) in [5.74, 6) is -2.08. The number of primary amides is 1. The van der Waals surface area contributed by atoms with Gasteiger partial charge >= 0.3 is 12.6 Å². The van der Waals surface area contributed by atoms with E-state index in [-0.39, 0.29) is 18.0 Å². The zero-order valence-corrected chi connectivity index (χ0v) is 15.8. The third kappa shape index (κ3) is 6.74. The summed E-state index contributed by atoms with van der Waals surface area (Å²) in [5.41, 5.74) is 5.75. The Kier molecular flexibility index (Phi) is 7.93. The first-order chi connectivity index (χ1) is 13.8. The molecule has 158 valence electrons. The van der Waals surface area contributed by atoms with E-state index in [4.69, 9.17) is 15.2 Å². The van der Waals surface area contributed by atoms with Gasteiger partial charge in [0.15, 0.2) is 18.1 Å². The van der Waals surface area contributed by atoms with E-state index in [0.717, 1.165) is 6.08 Å². The van der Waals surface area contributed by atoms with Crippen LogP contribution in [-0.2, 0) is 19.1 Å². The van der Waals surface area contributed by atoms with Crippen LogP contribution in [-0.4, -0.2) is 56.1 Å². The molecule has 0 bridgehead atoms. The summed E-state index contributed by atoms with van der Waals surface area (Å²) in [6, 6.07) is 4.14. The molecule has 29 heavy (non-hydrogen) atoms. The number of hydrogen-bond donors (Lipinski definition) is 1. The minimum absolute atomic E-state index is 0.0742. The van der Waals surface area contributed by atoms with E-state index in [1.807, 2.05) is 0 Å². The van der Waals surface area contributed by atoms with Crippen molar-refractivity contribution >= 4 is 23.9 Å². The fraction of sp³-hybridized carbons (Fsp3) is 0.421. The summed E-state index contributed by atoms with van der Waals surface area (Å²) >= 11 is 0. The second-order valence-electron chi connectivity index (χ2n) is 6.31. The first-order valence-corrected chi connectivity index (χ1v) is 8.85. The van der Waals surface area contributed by atoms with Gasteiger partial charge in [-0.3, -0.25) is 9.59 Å². The molecule has 1 atom stereocenters. The first-order valence-electron chi connectivity index (χ1n) is 8.85. The summed E-state index contributed by atoms with van der Waals surface area (Å²) in [5, 5.41) is 0. The summed E-state index contributed by atoms with van der Waals surface area (Å²) < 4.78 is 38.9. The van der Waals surface area contributed by atoms with Crippen molar-refractivity contribution in [2.75, 3.05) is 26.8 Å². The van der Waals surface area contributed by atoms with Gasteiger partial charge in [0.05, 0.1) is 13.0 Å². The van der Waals surface area contributed by atoms with E-state index in [9.17, 15) is 23.2 Å². The molecule has 0 radical (unpaired) electrons. The number of ether oxygens (including phenoxy) is 3. The maximum atomic E-state index is 12.3. The molecule has 2 rings (SSSR count). The van der Waals surface area contributed by atoms with Gasteiger partial charge in [-0.05, 0) is 36.6 Å². The van der Waals surface area contributed by atoms with E-state index in [1.165, 1.54) is 36.3 Å². The van der Waals surface area contributed by atoms with Crippen LogP contribution in [0.1, 0.15) is 18.4 Å². The molecule has 10 heteroatoms. The summed E-state index contributed by atoms with van der Waals surface area (Å²) in [4.78, 5) is 36.7. The highest BCUT2D eigenvalue weighted by molar-refractivity contribution is 5.89. The highest BCUT2D eigenvalue weighted by Crippen LogP contribution is 2.29. The second-order valence-corrected chi connectivity index (χ2v) is 6.31. The van der Waals surface area contributed by atoms with Gasteiger partial charge in [-0.2, -0.15) is 8.78 Å². The van der Waals surface area contributed by atoms with E-state index < -0.39 is 36.9 Å². The maximum Gasteiger partial charge on any atom is 0.387 e. The van der Waals surface area contributed by atoms with E-state index >= 15 is 0 Å². The van der Waals surface area contributed by atoms with Crippen LogP contribution in [0.4, 0.5) is 8.78 Å². The van der Waals surface area contributed by atoms with Gasteiger partial charge in [0.2, 0.25) is 5.91 Å². The molecular weight excluding hydrogens is 390 g/mol. The highest BCUT2D eigenvalue weighted by Gasteiger charge is 2.27. The number of halogens is 2. The van der Waals surface area contributed by atoms with E-state index in [0.29, 0.717) is 24.9 Å². The molecule has 0 unspecified atom stereocenters. The molecule has 0 aliphatic carbocycles. The minimum Gasteiger partial charge on any atom is -0.493 e. The quantitative estimate of drug-likeness (QED) is 0.513. The average Bonchev–Trinajstić information content (AvgIpc) is 2.70. The van der Waals surface area contributed by atoms with Crippen molar-refractivity contribution in [1.82, 2.24) is 4.90 Å². The van der Waals surface area contributed by atoms with Crippen molar-refractivity contribution in [1.29, 1.82) is 0 Å². The van der Waals surface area contributed by atoms with Gasteiger partial charge in [0.1, 0.15) is 0 Å². The monoisotopic (exact) mass is 412 g/mol. The molecule has 8 nitrogen and oxygen atoms in total. The SMILES string of the molecule is COc1cc(/C=C/C(=O)OCC(=O)N2CCC[C@H](C(N)=O)C2)ccc1OC(F)F.